The lowest BCUT2D eigenvalue weighted by Gasteiger charge is -2.17. The fraction of sp³-hybridized carbons (Fsp3) is 0.304. The van der Waals surface area contributed by atoms with E-state index < -0.39 is 0 Å². The van der Waals surface area contributed by atoms with Crippen molar-refractivity contribution in [3.63, 3.8) is 0 Å². The molecule has 4 rings (SSSR count). The summed E-state index contributed by atoms with van der Waals surface area (Å²) in [6.45, 7) is 6.64. The number of hydrogen-bond donors (Lipinski definition) is 1. The number of halogens is 1. The van der Waals surface area contributed by atoms with Crippen LogP contribution in [-0.4, -0.2) is 42.0 Å². The molecule has 4 aromatic rings. The highest BCUT2D eigenvalue weighted by atomic mass is 35.5. The summed E-state index contributed by atoms with van der Waals surface area (Å²) < 4.78 is 3.94. The minimum absolute atomic E-state index is 0.0351. The molecular formula is C23H25ClN6OS. The van der Waals surface area contributed by atoms with Crippen molar-refractivity contribution in [1.82, 2.24) is 29.6 Å². The number of fused-ring (bicyclic) bond motifs is 1. The topological polar surface area (TPSA) is 77.6 Å². The van der Waals surface area contributed by atoms with Crippen LogP contribution >= 0.6 is 23.4 Å². The highest BCUT2D eigenvalue weighted by molar-refractivity contribution is 7.99. The predicted molar refractivity (Wildman–Crippen MR) is 128 cm³/mol. The van der Waals surface area contributed by atoms with Crippen LogP contribution in [0.25, 0.3) is 16.7 Å². The lowest BCUT2D eigenvalue weighted by Crippen LogP contribution is -2.37. The molecule has 0 aliphatic heterocycles. The molecule has 2 aromatic carbocycles. The number of carbonyl (C=O) groups excluding carboxylic acids is 1. The van der Waals surface area contributed by atoms with E-state index in [0.29, 0.717) is 28.5 Å². The average Bonchev–Trinajstić information content (AvgIpc) is 3.37. The number of amides is 1. The van der Waals surface area contributed by atoms with E-state index in [9.17, 15) is 4.79 Å². The van der Waals surface area contributed by atoms with Crippen molar-refractivity contribution < 1.29 is 4.79 Å². The zero-order chi connectivity index (χ0) is 22.7. The third kappa shape index (κ3) is 4.81. The zero-order valence-corrected chi connectivity index (χ0v) is 19.8. The SMILES string of the molecule is CC(C)C(C)NC(=O)CSc1nnc(Cn2cnc3ccccc32)n1-c1ccccc1Cl. The molecule has 2 heterocycles. The number of aromatic nitrogens is 5. The van der Waals surface area contributed by atoms with E-state index in [1.54, 1.807) is 6.33 Å². The van der Waals surface area contributed by atoms with Crippen LogP contribution in [0.5, 0.6) is 0 Å². The number of imidazole rings is 1. The lowest BCUT2D eigenvalue weighted by atomic mass is 10.1. The van der Waals surface area contributed by atoms with Gasteiger partial charge in [0.15, 0.2) is 11.0 Å². The molecule has 0 fully saturated rings. The second kappa shape index (κ2) is 9.75. The smallest absolute Gasteiger partial charge is 0.230 e. The Balaban J connectivity index is 1.64. The van der Waals surface area contributed by atoms with Crippen LogP contribution in [0, 0.1) is 5.92 Å². The first-order valence-electron chi connectivity index (χ1n) is 10.4. The molecule has 1 unspecified atom stereocenters. The van der Waals surface area contributed by atoms with Gasteiger partial charge in [-0.1, -0.05) is 61.5 Å². The van der Waals surface area contributed by atoms with Crippen molar-refractivity contribution in [3.05, 3.63) is 65.7 Å². The fourth-order valence-electron chi connectivity index (χ4n) is 3.25. The number of thioether (sulfide) groups is 1. The largest absolute Gasteiger partial charge is 0.353 e. The first kappa shape index (κ1) is 22.4. The summed E-state index contributed by atoms with van der Waals surface area (Å²) in [5.41, 5.74) is 2.70. The van der Waals surface area contributed by atoms with Crippen molar-refractivity contribution in [2.45, 2.75) is 38.5 Å². The maximum Gasteiger partial charge on any atom is 0.230 e. The van der Waals surface area contributed by atoms with Gasteiger partial charge in [-0.15, -0.1) is 10.2 Å². The van der Waals surface area contributed by atoms with E-state index >= 15 is 0 Å². The monoisotopic (exact) mass is 468 g/mol. The second-order valence-corrected chi connectivity index (χ2v) is 9.29. The van der Waals surface area contributed by atoms with Crippen molar-refractivity contribution in [1.29, 1.82) is 0 Å². The summed E-state index contributed by atoms with van der Waals surface area (Å²) in [6.07, 6.45) is 1.80. The van der Waals surface area contributed by atoms with E-state index in [-0.39, 0.29) is 17.7 Å². The summed E-state index contributed by atoms with van der Waals surface area (Å²) in [6, 6.07) is 15.6. The minimum Gasteiger partial charge on any atom is -0.353 e. The Kier molecular flexibility index (Phi) is 6.81. The first-order chi connectivity index (χ1) is 15.4. The molecule has 2 aromatic heterocycles. The molecule has 0 radical (unpaired) electrons. The first-order valence-corrected chi connectivity index (χ1v) is 11.8. The van der Waals surface area contributed by atoms with Crippen LogP contribution in [0.1, 0.15) is 26.6 Å². The molecule has 1 atom stereocenters. The van der Waals surface area contributed by atoms with Crippen LogP contribution in [0.3, 0.4) is 0 Å². The highest BCUT2D eigenvalue weighted by Crippen LogP contribution is 2.28. The third-order valence-electron chi connectivity index (χ3n) is 5.35. The molecule has 9 heteroatoms. The van der Waals surface area contributed by atoms with Gasteiger partial charge >= 0.3 is 0 Å². The Bertz CT molecular complexity index is 1230. The molecule has 0 saturated heterocycles. The Hall–Kier alpha value is -2.84. The van der Waals surface area contributed by atoms with E-state index in [0.717, 1.165) is 16.7 Å². The molecule has 166 valence electrons. The van der Waals surface area contributed by atoms with E-state index in [1.165, 1.54) is 11.8 Å². The molecule has 7 nitrogen and oxygen atoms in total. The summed E-state index contributed by atoms with van der Waals surface area (Å²) >= 11 is 7.86. The fourth-order valence-corrected chi connectivity index (χ4v) is 4.25. The number of benzene rings is 2. The van der Waals surface area contributed by atoms with Gasteiger partial charge < -0.3 is 9.88 Å². The molecule has 1 N–H and O–H groups in total. The number of hydrogen-bond acceptors (Lipinski definition) is 5. The second-order valence-electron chi connectivity index (χ2n) is 7.94. The third-order valence-corrected chi connectivity index (χ3v) is 6.60. The van der Waals surface area contributed by atoms with Gasteiger partial charge in [0.1, 0.15) is 0 Å². The van der Waals surface area contributed by atoms with Gasteiger partial charge in [0.25, 0.3) is 0 Å². The van der Waals surface area contributed by atoms with E-state index in [2.05, 4.69) is 34.3 Å². The van der Waals surface area contributed by atoms with Crippen LogP contribution in [0.2, 0.25) is 5.02 Å². The van der Waals surface area contributed by atoms with E-state index in [1.807, 2.05) is 64.6 Å². The van der Waals surface area contributed by atoms with Gasteiger partial charge in [0, 0.05) is 6.04 Å². The molecule has 1 amide bonds. The van der Waals surface area contributed by atoms with Gasteiger partial charge in [-0.25, -0.2) is 4.98 Å². The summed E-state index contributed by atoms with van der Waals surface area (Å²) in [7, 11) is 0. The van der Waals surface area contributed by atoms with Gasteiger partial charge in [0.2, 0.25) is 5.91 Å². The molecule has 0 aliphatic rings. The molecule has 0 spiro atoms. The quantitative estimate of drug-likeness (QED) is 0.383. The van der Waals surface area contributed by atoms with Gasteiger partial charge in [0.05, 0.1) is 40.4 Å². The Morgan fingerprint density at radius 2 is 1.84 bits per heavy atom. The predicted octanol–water partition coefficient (Wildman–Crippen LogP) is 4.57. The Morgan fingerprint density at radius 3 is 2.62 bits per heavy atom. The molecule has 32 heavy (non-hydrogen) atoms. The standard InChI is InChI=1S/C23H25ClN6OS/c1-15(2)16(3)26-22(31)13-32-23-28-27-21(30(23)19-10-6-4-8-17(19)24)12-29-14-25-18-9-5-7-11-20(18)29/h4-11,14-16H,12-13H2,1-3H3,(H,26,31). The van der Waals surface area contributed by atoms with Crippen LogP contribution in [0.15, 0.2) is 60.0 Å². The Morgan fingerprint density at radius 1 is 1.09 bits per heavy atom. The van der Waals surface area contributed by atoms with Crippen LogP contribution < -0.4 is 5.32 Å². The number of carbonyl (C=O) groups is 1. The summed E-state index contributed by atoms with van der Waals surface area (Å²) in [5, 5.41) is 13.0. The molecule has 0 saturated carbocycles. The van der Waals surface area contributed by atoms with Crippen LogP contribution in [-0.2, 0) is 11.3 Å². The number of para-hydroxylation sites is 3. The van der Waals surface area contributed by atoms with E-state index in [4.69, 9.17) is 11.6 Å². The minimum atomic E-state index is -0.0351. The Labute approximate surface area is 196 Å². The molecular weight excluding hydrogens is 444 g/mol. The number of nitrogens with one attached hydrogen (secondary N) is 1. The van der Waals surface area contributed by atoms with Crippen molar-refractivity contribution in [2.24, 2.45) is 5.92 Å². The van der Waals surface area contributed by atoms with Crippen molar-refractivity contribution in [3.8, 4) is 5.69 Å². The zero-order valence-electron chi connectivity index (χ0n) is 18.2. The number of nitrogens with zero attached hydrogens (tertiary/aromatic N) is 5. The highest BCUT2D eigenvalue weighted by Gasteiger charge is 2.19. The van der Waals surface area contributed by atoms with Crippen LogP contribution in [0.4, 0.5) is 0 Å². The summed E-state index contributed by atoms with van der Waals surface area (Å²) in [4.78, 5) is 16.9. The van der Waals surface area contributed by atoms with Gasteiger partial charge in [-0.3, -0.25) is 9.36 Å². The average molecular weight is 469 g/mol. The van der Waals surface area contributed by atoms with Crippen molar-refractivity contribution in [2.75, 3.05) is 5.75 Å². The normalized spacial score (nSPS) is 12.4. The van der Waals surface area contributed by atoms with Gasteiger partial charge in [-0.05, 0) is 37.1 Å². The lowest BCUT2D eigenvalue weighted by molar-refractivity contribution is -0.119. The molecule has 0 aliphatic carbocycles. The maximum absolute atomic E-state index is 12.4. The van der Waals surface area contributed by atoms with Crippen molar-refractivity contribution >= 4 is 40.3 Å². The maximum atomic E-state index is 12.4. The van der Waals surface area contributed by atoms with Gasteiger partial charge in [-0.2, -0.15) is 0 Å². The molecule has 0 bridgehead atoms. The summed E-state index contributed by atoms with van der Waals surface area (Å²) in [5.74, 6) is 1.28. The number of rotatable bonds is 8.